The van der Waals surface area contributed by atoms with Crippen molar-refractivity contribution in [3.8, 4) is 22.6 Å². The van der Waals surface area contributed by atoms with Crippen LogP contribution in [0.4, 0.5) is 13.2 Å². The molecular formula is C24H23F3N6. The van der Waals surface area contributed by atoms with Gasteiger partial charge in [0.25, 0.3) is 0 Å². The van der Waals surface area contributed by atoms with E-state index in [2.05, 4.69) is 57.4 Å². The molecule has 0 saturated carbocycles. The Hall–Kier alpha value is -3.49. The molecule has 0 radical (unpaired) electrons. The number of fused-ring (bicyclic) bond motifs is 1. The quantitative estimate of drug-likeness (QED) is 0.428. The van der Waals surface area contributed by atoms with Crippen LogP contribution in [0.5, 0.6) is 0 Å². The van der Waals surface area contributed by atoms with Crippen LogP contribution in [0.25, 0.3) is 22.6 Å². The number of imidazole rings is 1. The monoisotopic (exact) mass is 452 g/mol. The molecule has 3 heterocycles. The second kappa shape index (κ2) is 8.13. The van der Waals surface area contributed by atoms with E-state index >= 15 is 0 Å². The van der Waals surface area contributed by atoms with Crippen LogP contribution in [-0.2, 0) is 19.1 Å². The topological polar surface area (TPSA) is 72.3 Å². The van der Waals surface area contributed by atoms with Crippen LogP contribution in [0, 0.1) is 0 Å². The van der Waals surface area contributed by atoms with E-state index in [1.54, 1.807) is 12.4 Å². The number of benzene rings is 1. The van der Waals surface area contributed by atoms with Crippen molar-refractivity contribution in [3.63, 3.8) is 0 Å². The molecule has 4 aromatic rings. The third kappa shape index (κ3) is 4.15. The maximum Gasteiger partial charge on any atom is 0.437 e. The molecule has 0 bridgehead atoms. The second-order valence-electron chi connectivity index (χ2n) is 8.75. The first-order valence-electron chi connectivity index (χ1n) is 10.9. The van der Waals surface area contributed by atoms with Crippen LogP contribution in [0.2, 0.25) is 0 Å². The summed E-state index contributed by atoms with van der Waals surface area (Å²) in [5.74, 6) is 0.922. The zero-order chi connectivity index (χ0) is 23.2. The van der Waals surface area contributed by atoms with Gasteiger partial charge in [0, 0.05) is 30.4 Å². The fraction of sp³-hybridized carbons (Fsp3) is 0.333. The molecule has 1 atom stereocenters. The molecule has 1 aromatic carbocycles. The molecule has 5 rings (SSSR count). The van der Waals surface area contributed by atoms with Gasteiger partial charge in [0.2, 0.25) is 0 Å². The normalized spacial score (nSPS) is 15.9. The summed E-state index contributed by atoms with van der Waals surface area (Å²) >= 11 is 0. The third-order valence-corrected chi connectivity index (χ3v) is 6.21. The first kappa shape index (κ1) is 21.4. The van der Waals surface area contributed by atoms with Crippen molar-refractivity contribution in [2.75, 3.05) is 0 Å². The van der Waals surface area contributed by atoms with Gasteiger partial charge in [-0.1, -0.05) is 32.0 Å². The minimum atomic E-state index is -4.60. The number of rotatable bonds is 5. The summed E-state index contributed by atoms with van der Waals surface area (Å²) in [5, 5.41) is 9.01. The second-order valence-corrected chi connectivity index (χ2v) is 8.75. The molecule has 0 fully saturated rings. The SMILES string of the molecule is CC(C)c1ccc2c(c1)CC[C@@H]2Cn1cnc(-c2cc(-c3n[nH]nc3C(F)(F)F)ccn2)c1. The molecule has 3 aromatic heterocycles. The zero-order valence-corrected chi connectivity index (χ0v) is 18.3. The molecule has 1 N–H and O–H groups in total. The molecule has 1 aliphatic carbocycles. The first-order valence-corrected chi connectivity index (χ1v) is 10.9. The summed E-state index contributed by atoms with van der Waals surface area (Å²) in [6, 6.07) is 9.83. The van der Waals surface area contributed by atoms with Crippen LogP contribution >= 0.6 is 0 Å². The standard InChI is InChI=1S/C24H23F3N6/c1-14(2)15-5-6-19-16(9-15)3-4-18(19)11-33-12-21(29-13-33)20-10-17(7-8-28-20)22-23(24(25,26)27)31-32-30-22/h5-10,12-14,18H,3-4,11H2,1-2H3,(H,30,31,32)/t18-/m1/s1. The van der Waals surface area contributed by atoms with Crippen molar-refractivity contribution in [1.29, 1.82) is 0 Å². The van der Waals surface area contributed by atoms with Crippen molar-refractivity contribution in [3.05, 3.63) is 71.4 Å². The Morgan fingerprint density at radius 2 is 1.94 bits per heavy atom. The molecule has 6 nitrogen and oxygen atoms in total. The minimum absolute atomic E-state index is 0.256. The number of aryl methyl sites for hydroxylation is 1. The summed E-state index contributed by atoms with van der Waals surface area (Å²) in [4.78, 5) is 8.75. The Morgan fingerprint density at radius 3 is 2.73 bits per heavy atom. The predicted molar refractivity (Wildman–Crippen MR) is 117 cm³/mol. The van der Waals surface area contributed by atoms with Gasteiger partial charge in [-0.05, 0) is 47.6 Å². The van der Waals surface area contributed by atoms with E-state index in [1.165, 1.54) is 29.0 Å². The lowest BCUT2D eigenvalue weighted by Crippen LogP contribution is -2.07. The lowest BCUT2D eigenvalue weighted by atomic mass is 9.96. The highest BCUT2D eigenvalue weighted by atomic mass is 19.4. The van der Waals surface area contributed by atoms with Gasteiger partial charge in [-0.2, -0.15) is 28.6 Å². The molecule has 0 saturated heterocycles. The van der Waals surface area contributed by atoms with E-state index < -0.39 is 11.9 Å². The number of aromatic nitrogens is 6. The molecule has 0 unspecified atom stereocenters. The molecule has 0 aliphatic heterocycles. The first-order chi connectivity index (χ1) is 15.8. The minimum Gasteiger partial charge on any atom is -0.336 e. The number of halogens is 3. The number of hydrogen-bond acceptors (Lipinski definition) is 4. The average molecular weight is 452 g/mol. The van der Waals surface area contributed by atoms with E-state index in [0.717, 1.165) is 19.4 Å². The molecule has 33 heavy (non-hydrogen) atoms. The number of nitrogens with zero attached hydrogens (tertiary/aromatic N) is 5. The van der Waals surface area contributed by atoms with Crippen molar-refractivity contribution in [2.24, 2.45) is 0 Å². The zero-order valence-electron chi connectivity index (χ0n) is 18.3. The molecular weight excluding hydrogens is 429 g/mol. The largest absolute Gasteiger partial charge is 0.437 e. The molecule has 1 aliphatic rings. The highest BCUT2D eigenvalue weighted by Crippen LogP contribution is 2.37. The number of H-pyrrole nitrogens is 1. The summed E-state index contributed by atoms with van der Waals surface area (Å²) in [7, 11) is 0. The van der Waals surface area contributed by atoms with Gasteiger partial charge in [-0.15, -0.1) is 0 Å². The molecule has 9 heteroatoms. The van der Waals surface area contributed by atoms with Crippen molar-refractivity contribution in [1.82, 2.24) is 29.9 Å². The summed E-state index contributed by atoms with van der Waals surface area (Å²) in [5.41, 5.74) is 4.24. The number of alkyl halides is 3. The Labute approximate surface area is 188 Å². The highest BCUT2D eigenvalue weighted by Gasteiger charge is 2.38. The lowest BCUT2D eigenvalue weighted by molar-refractivity contribution is -0.140. The van der Waals surface area contributed by atoms with Crippen LogP contribution < -0.4 is 0 Å². The Morgan fingerprint density at radius 1 is 1.09 bits per heavy atom. The fourth-order valence-electron chi connectivity index (χ4n) is 4.47. The highest BCUT2D eigenvalue weighted by molar-refractivity contribution is 5.67. The van der Waals surface area contributed by atoms with Crippen molar-refractivity contribution < 1.29 is 13.2 Å². The van der Waals surface area contributed by atoms with Gasteiger partial charge in [0.15, 0.2) is 5.69 Å². The van der Waals surface area contributed by atoms with Gasteiger partial charge >= 0.3 is 6.18 Å². The summed E-state index contributed by atoms with van der Waals surface area (Å²) in [6.07, 6.45) is 2.66. The van der Waals surface area contributed by atoms with Crippen molar-refractivity contribution >= 4 is 0 Å². The lowest BCUT2D eigenvalue weighted by Gasteiger charge is -2.14. The van der Waals surface area contributed by atoms with Crippen LogP contribution in [0.1, 0.15) is 54.5 Å². The molecule has 170 valence electrons. The average Bonchev–Trinajstić information content (AvgIpc) is 3.53. The van der Waals surface area contributed by atoms with Crippen LogP contribution in [-0.4, -0.2) is 29.9 Å². The van der Waals surface area contributed by atoms with Gasteiger partial charge in [0.05, 0.1) is 12.0 Å². The molecule has 0 spiro atoms. The maximum atomic E-state index is 13.2. The van der Waals surface area contributed by atoms with Gasteiger partial charge in [0.1, 0.15) is 11.4 Å². The number of hydrogen-bond donors (Lipinski definition) is 1. The Bertz CT molecular complexity index is 1290. The number of nitrogens with one attached hydrogen (secondary N) is 1. The molecule has 0 amide bonds. The Kier molecular flexibility index (Phi) is 5.26. The number of aromatic amines is 1. The van der Waals surface area contributed by atoms with Gasteiger partial charge in [-0.25, -0.2) is 4.98 Å². The maximum absolute atomic E-state index is 13.2. The smallest absolute Gasteiger partial charge is 0.336 e. The number of pyridine rings is 1. The van der Waals surface area contributed by atoms with Crippen LogP contribution in [0.15, 0.2) is 49.1 Å². The van der Waals surface area contributed by atoms with E-state index in [4.69, 9.17) is 0 Å². The van der Waals surface area contributed by atoms with Crippen LogP contribution in [0.3, 0.4) is 0 Å². The summed E-state index contributed by atoms with van der Waals surface area (Å²) in [6.45, 7) is 5.20. The third-order valence-electron chi connectivity index (χ3n) is 6.21. The predicted octanol–water partition coefficient (Wildman–Crippen LogP) is 5.60. The van der Waals surface area contributed by atoms with E-state index in [9.17, 15) is 13.2 Å². The van der Waals surface area contributed by atoms with E-state index in [0.29, 0.717) is 23.2 Å². The summed E-state index contributed by atoms with van der Waals surface area (Å²) < 4.78 is 41.6. The van der Waals surface area contributed by atoms with Crippen molar-refractivity contribution in [2.45, 2.75) is 51.2 Å². The van der Waals surface area contributed by atoms with Gasteiger partial charge < -0.3 is 4.57 Å². The van der Waals surface area contributed by atoms with E-state index in [-0.39, 0.29) is 11.3 Å². The van der Waals surface area contributed by atoms with Gasteiger partial charge in [-0.3, -0.25) is 4.98 Å². The van der Waals surface area contributed by atoms with E-state index in [1.807, 2.05) is 10.8 Å². The Balaban J connectivity index is 1.37. The fourth-order valence-corrected chi connectivity index (χ4v) is 4.47.